The van der Waals surface area contributed by atoms with Crippen molar-refractivity contribution in [3.8, 4) is 17.2 Å². The molecule has 0 radical (unpaired) electrons. The SMILES string of the molecule is Cc1ccc([O][Ti]([O]c2ccc(C)cc2)[O]c2ccc(C)cc2)cc1. The molecule has 3 aromatic rings. The van der Waals surface area contributed by atoms with Gasteiger partial charge in [-0.2, -0.15) is 0 Å². The van der Waals surface area contributed by atoms with Crippen LogP contribution in [0.2, 0.25) is 0 Å². The number of rotatable bonds is 6. The Bertz CT molecular complexity index is 683. The predicted octanol–water partition coefficient (Wildman–Crippen LogP) is 5.51. The van der Waals surface area contributed by atoms with Crippen molar-refractivity contribution in [1.29, 1.82) is 0 Å². The number of hydrogen-bond acceptors (Lipinski definition) is 3. The van der Waals surface area contributed by atoms with Crippen molar-refractivity contribution >= 4 is 0 Å². The molecule has 0 spiro atoms. The second-order valence-electron chi connectivity index (χ2n) is 6.00. The summed E-state index contributed by atoms with van der Waals surface area (Å²) >= 11 is -2.78. The van der Waals surface area contributed by atoms with E-state index < -0.39 is 19.0 Å². The van der Waals surface area contributed by atoms with Gasteiger partial charge in [-0.3, -0.25) is 0 Å². The van der Waals surface area contributed by atoms with Crippen molar-refractivity contribution in [1.82, 2.24) is 0 Å². The zero-order chi connectivity index (χ0) is 17.6. The molecule has 0 amide bonds. The van der Waals surface area contributed by atoms with Gasteiger partial charge in [0.1, 0.15) is 0 Å². The fourth-order valence-corrected chi connectivity index (χ4v) is 3.90. The van der Waals surface area contributed by atoms with Crippen LogP contribution >= 0.6 is 0 Å². The van der Waals surface area contributed by atoms with Gasteiger partial charge in [0.2, 0.25) is 0 Å². The monoisotopic (exact) mass is 369 g/mol. The summed E-state index contributed by atoms with van der Waals surface area (Å²) in [5.74, 6) is 2.29. The van der Waals surface area contributed by atoms with E-state index in [1.165, 1.54) is 16.7 Å². The van der Waals surface area contributed by atoms with E-state index in [0.717, 1.165) is 17.2 Å². The average Bonchev–Trinajstić information content (AvgIpc) is 2.61. The van der Waals surface area contributed by atoms with Crippen LogP contribution < -0.4 is 9.96 Å². The van der Waals surface area contributed by atoms with Crippen molar-refractivity contribution < 1.29 is 29.0 Å². The van der Waals surface area contributed by atoms with E-state index >= 15 is 0 Å². The molecule has 0 saturated heterocycles. The molecule has 0 saturated carbocycles. The van der Waals surface area contributed by atoms with Gasteiger partial charge in [0.25, 0.3) is 0 Å². The van der Waals surface area contributed by atoms with E-state index in [2.05, 4.69) is 0 Å². The Kier molecular flexibility index (Phi) is 5.80. The molecule has 3 nitrogen and oxygen atoms in total. The molecule has 0 atom stereocenters. The van der Waals surface area contributed by atoms with Gasteiger partial charge in [-0.1, -0.05) is 0 Å². The quantitative estimate of drug-likeness (QED) is 0.536. The molecule has 25 heavy (non-hydrogen) atoms. The van der Waals surface area contributed by atoms with E-state index in [-0.39, 0.29) is 0 Å². The summed E-state index contributed by atoms with van der Waals surface area (Å²) in [5, 5.41) is 0. The summed E-state index contributed by atoms with van der Waals surface area (Å²) in [7, 11) is 0. The van der Waals surface area contributed by atoms with Gasteiger partial charge in [-0.05, 0) is 0 Å². The Morgan fingerprint density at radius 1 is 0.440 bits per heavy atom. The molecule has 0 aliphatic carbocycles. The van der Waals surface area contributed by atoms with Crippen LogP contribution in [0, 0.1) is 20.8 Å². The van der Waals surface area contributed by atoms with Crippen molar-refractivity contribution in [3.63, 3.8) is 0 Å². The third kappa shape index (κ3) is 5.38. The van der Waals surface area contributed by atoms with Crippen LogP contribution in [0.3, 0.4) is 0 Å². The van der Waals surface area contributed by atoms with E-state index in [1.54, 1.807) is 0 Å². The Morgan fingerprint density at radius 3 is 0.920 bits per heavy atom. The molecule has 0 aromatic heterocycles. The molecular formula is C21H21O3Ti. The Labute approximate surface area is 156 Å². The van der Waals surface area contributed by atoms with E-state index in [4.69, 9.17) is 9.96 Å². The van der Waals surface area contributed by atoms with Crippen LogP contribution in [0.25, 0.3) is 0 Å². The van der Waals surface area contributed by atoms with Gasteiger partial charge in [-0.15, -0.1) is 0 Å². The first-order valence-corrected chi connectivity index (χ1v) is 10.1. The molecule has 0 fully saturated rings. The maximum absolute atomic E-state index is 6.06. The fraction of sp³-hybridized carbons (Fsp3) is 0.143. The minimum atomic E-state index is -2.78. The fourth-order valence-electron chi connectivity index (χ4n) is 2.17. The molecule has 0 aliphatic heterocycles. The molecule has 3 aromatic carbocycles. The van der Waals surface area contributed by atoms with Crippen LogP contribution in [-0.2, 0) is 19.0 Å². The van der Waals surface area contributed by atoms with Gasteiger partial charge in [0.15, 0.2) is 0 Å². The summed E-state index contributed by atoms with van der Waals surface area (Å²) in [5.41, 5.74) is 3.56. The second kappa shape index (κ2) is 8.24. The van der Waals surface area contributed by atoms with Crippen molar-refractivity contribution in [3.05, 3.63) is 89.5 Å². The van der Waals surface area contributed by atoms with E-state index in [9.17, 15) is 0 Å². The van der Waals surface area contributed by atoms with Crippen LogP contribution in [0.15, 0.2) is 72.8 Å². The molecule has 0 heterocycles. The topological polar surface area (TPSA) is 27.7 Å². The molecule has 0 bridgehead atoms. The number of benzene rings is 3. The average molecular weight is 369 g/mol. The van der Waals surface area contributed by atoms with Crippen molar-refractivity contribution in [2.45, 2.75) is 20.8 Å². The second-order valence-corrected chi connectivity index (χ2v) is 7.73. The first-order valence-electron chi connectivity index (χ1n) is 8.19. The Balaban J connectivity index is 1.77. The minimum absolute atomic E-state index is 0.764. The normalized spacial score (nSPS) is 10.2. The van der Waals surface area contributed by atoms with Crippen molar-refractivity contribution in [2.75, 3.05) is 0 Å². The maximum atomic E-state index is 6.06. The molecule has 0 aliphatic rings. The number of hydrogen-bond donors (Lipinski definition) is 0. The van der Waals surface area contributed by atoms with Gasteiger partial charge in [-0.25, -0.2) is 0 Å². The van der Waals surface area contributed by atoms with Gasteiger partial charge in [0, 0.05) is 0 Å². The zero-order valence-electron chi connectivity index (χ0n) is 14.7. The van der Waals surface area contributed by atoms with Gasteiger partial charge < -0.3 is 0 Å². The molecule has 0 unspecified atom stereocenters. The van der Waals surface area contributed by atoms with E-state index in [0.29, 0.717) is 0 Å². The summed E-state index contributed by atoms with van der Waals surface area (Å²) in [6.45, 7) is 6.14. The predicted molar refractivity (Wildman–Crippen MR) is 95.4 cm³/mol. The summed E-state index contributed by atoms with van der Waals surface area (Å²) in [6, 6.07) is 23.8. The first kappa shape index (κ1) is 17.6. The molecule has 3 rings (SSSR count). The third-order valence-electron chi connectivity index (χ3n) is 3.67. The standard InChI is InChI=1S/3C7H8O.Ti/c3*1-6-2-4-7(8)5-3-6;/h3*2-5,8H,1H3;/q;;;+3/p-3. The van der Waals surface area contributed by atoms with Crippen LogP contribution in [0.4, 0.5) is 0 Å². The van der Waals surface area contributed by atoms with Gasteiger partial charge >= 0.3 is 156 Å². The summed E-state index contributed by atoms with van der Waals surface area (Å²) in [6.07, 6.45) is 0. The molecule has 0 N–H and O–H groups in total. The van der Waals surface area contributed by atoms with E-state index in [1.807, 2.05) is 93.6 Å². The molecule has 4 heteroatoms. The van der Waals surface area contributed by atoms with Crippen LogP contribution in [-0.4, -0.2) is 0 Å². The summed E-state index contributed by atoms with van der Waals surface area (Å²) in [4.78, 5) is 0. The van der Waals surface area contributed by atoms with Gasteiger partial charge in [0.05, 0.1) is 0 Å². The van der Waals surface area contributed by atoms with Crippen LogP contribution in [0.5, 0.6) is 17.2 Å². The molecular weight excluding hydrogens is 348 g/mol. The number of aryl methyl sites for hydroxylation is 3. The van der Waals surface area contributed by atoms with Crippen LogP contribution in [0.1, 0.15) is 16.7 Å². The zero-order valence-corrected chi connectivity index (χ0v) is 16.2. The Hall–Kier alpha value is -2.23. The summed E-state index contributed by atoms with van der Waals surface area (Å²) < 4.78 is 18.2. The first-order chi connectivity index (χ1) is 12.1. The third-order valence-corrected chi connectivity index (χ3v) is 5.55. The van der Waals surface area contributed by atoms with Crippen molar-refractivity contribution in [2.24, 2.45) is 0 Å². The Morgan fingerprint density at radius 2 is 0.680 bits per heavy atom. The molecule has 127 valence electrons.